The zero-order valence-corrected chi connectivity index (χ0v) is 14.2. The Morgan fingerprint density at radius 3 is 2.96 bits per heavy atom. The van der Waals surface area contributed by atoms with Crippen LogP contribution in [0.15, 0.2) is 48.2 Å². The van der Waals surface area contributed by atoms with Gasteiger partial charge >= 0.3 is 0 Å². The number of halogens is 1. The summed E-state index contributed by atoms with van der Waals surface area (Å²) in [6.07, 6.45) is 4.60. The minimum absolute atomic E-state index is 0. The summed E-state index contributed by atoms with van der Waals surface area (Å²) < 4.78 is 1.45. The van der Waals surface area contributed by atoms with Crippen LogP contribution in [0.3, 0.4) is 0 Å². The number of nitrogens with one attached hydrogen (secondary N) is 2. The van der Waals surface area contributed by atoms with Crippen LogP contribution in [-0.4, -0.2) is 40.2 Å². The fourth-order valence-electron chi connectivity index (χ4n) is 2.45. The summed E-state index contributed by atoms with van der Waals surface area (Å²) in [5.41, 5.74) is 1.98. The molecule has 1 aliphatic rings. The highest BCUT2D eigenvalue weighted by atomic mass is 35.5. The van der Waals surface area contributed by atoms with Crippen LogP contribution in [0.4, 0.5) is 5.69 Å². The van der Waals surface area contributed by atoms with Gasteiger partial charge in [0.2, 0.25) is 0 Å². The van der Waals surface area contributed by atoms with E-state index in [1.807, 2.05) is 0 Å². The molecule has 0 unspecified atom stereocenters. The number of rotatable bonds is 5. The molecule has 0 atom stereocenters. The van der Waals surface area contributed by atoms with E-state index in [1.165, 1.54) is 22.4 Å². The zero-order chi connectivity index (χ0) is 16.9. The zero-order valence-electron chi connectivity index (χ0n) is 13.3. The highest BCUT2D eigenvalue weighted by Gasteiger charge is 2.13. The molecule has 0 spiro atoms. The van der Waals surface area contributed by atoms with Crippen molar-refractivity contribution in [2.24, 2.45) is 0 Å². The van der Waals surface area contributed by atoms with Crippen molar-refractivity contribution < 1.29 is 9.72 Å². The van der Waals surface area contributed by atoms with Crippen molar-refractivity contribution >= 4 is 24.0 Å². The van der Waals surface area contributed by atoms with Crippen molar-refractivity contribution in [2.75, 3.05) is 19.6 Å². The molecular weight excluding hydrogens is 346 g/mol. The normalized spacial score (nSPS) is 13.5. The van der Waals surface area contributed by atoms with Crippen molar-refractivity contribution in [1.82, 2.24) is 20.4 Å². The van der Waals surface area contributed by atoms with E-state index >= 15 is 0 Å². The van der Waals surface area contributed by atoms with Crippen LogP contribution >= 0.6 is 12.4 Å². The number of hydrogen-bond acceptors (Lipinski definition) is 5. The Balaban J connectivity index is 0.00000225. The van der Waals surface area contributed by atoms with Crippen molar-refractivity contribution in [1.29, 1.82) is 0 Å². The fourth-order valence-corrected chi connectivity index (χ4v) is 2.45. The second-order valence-electron chi connectivity index (χ2n) is 5.42. The molecule has 25 heavy (non-hydrogen) atoms. The van der Waals surface area contributed by atoms with Gasteiger partial charge in [0.25, 0.3) is 11.6 Å². The quantitative estimate of drug-likeness (QED) is 0.479. The second-order valence-corrected chi connectivity index (χ2v) is 5.42. The summed E-state index contributed by atoms with van der Waals surface area (Å²) in [5.74, 6) is -0.265. The SMILES string of the molecule is Cl.O=C(NCC1=CCNCC1)c1ccn(-c2cccc([N+](=O)[O-])c2)n1. The van der Waals surface area contributed by atoms with Gasteiger partial charge < -0.3 is 10.6 Å². The van der Waals surface area contributed by atoms with Crippen LogP contribution in [0.25, 0.3) is 5.69 Å². The molecule has 3 rings (SSSR count). The molecule has 0 saturated heterocycles. The second kappa shape index (κ2) is 8.41. The predicted molar refractivity (Wildman–Crippen MR) is 95.4 cm³/mol. The molecule has 0 aliphatic carbocycles. The maximum atomic E-state index is 12.2. The van der Waals surface area contributed by atoms with E-state index in [2.05, 4.69) is 21.8 Å². The van der Waals surface area contributed by atoms with Crippen LogP contribution in [0.2, 0.25) is 0 Å². The first-order valence-corrected chi connectivity index (χ1v) is 7.61. The van der Waals surface area contributed by atoms with E-state index in [-0.39, 0.29) is 29.7 Å². The first-order valence-electron chi connectivity index (χ1n) is 7.61. The smallest absolute Gasteiger partial charge is 0.272 e. The van der Waals surface area contributed by atoms with Gasteiger partial charge in [-0.1, -0.05) is 17.7 Å². The molecule has 132 valence electrons. The van der Waals surface area contributed by atoms with Gasteiger partial charge in [-0.2, -0.15) is 5.10 Å². The van der Waals surface area contributed by atoms with Crippen LogP contribution in [0, 0.1) is 10.1 Å². The average molecular weight is 364 g/mol. The highest BCUT2D eigenvalue weighted by Crippen LogP contribution is 2.16. The first-order chi connectivity index (χ1) is 11.6. The molecule has 1 aliphatic heterocycles. The first kappa shape index (κ1) is 18.6. The lowest BCUT2D eigenvalue weighted by Crippen LogP contribution is -2.29. The number of nitro benzene ring substituents is 1. The van der Waals surface area contributed by atoms with E-state index in [1.54, 1.807) is 24.4 Å². The number of carbonyl (C=O) groups excluding carboxylic acids is 1. The van der Waals surface area contributed by atoms with Crippen LogP contribution in [0.1, 0.15) is 16.9 Å². The maximum Gasteiger partial charge on any atom is 0.272 e. The molecule has 2 aromatic rings. The lowest BCUT2D eigenvalue weighted by Gasteiger charge is -2.14. The van der Waals surface area contributed by atoms with E-state index in [9.17, 15) is 14.9 Å². The van der Waals surface area contributed by atoms with Gasteiger partial charge in [0.1, 0.15) is 0 Å². The average Bonchev–Trinajstić information content (AvgIpc) is 3.11. The maximum absolute atomic E-state index is 12.2. The molecule has 0 bridgehead atoms. The Morgan fingerprint density at radius 2 is 2.24 bits per heavy atom. The van der Waals surface area contributed by atoms with Crippen LogP contribution in [0.5, 0.6) is 0 Å². The van der Waals surface area contributed by atoms with Gasteiger partial charge in [-0.05, 0) is 25.1 Å². The molecule has 2 N–H and O–H groups in total. The summed E-state index contributed by atoms with van der Waals surface area (Å²) >= 11 is 0. The van der Waals surface area contributed by atoms with Crippen LogP contribution < -0.4 is 10.6 Å². The van der Waals surface area contributed by atoms with E-state index in [0.29, 0.717) is 12.2 Å². The molecule has 2 heterocycles. The number of carbonyl (C=O) groups is 1. The molecular formula is C16H18ClN5O3. The largest absolute Gasteiger partial charge is 0.347 e. The Labute approximate surface area is 150 Å². The third-order valence-corrected chi connectivity index (χ3v) is 3.76. The van der Waals surface area contributed by atoms with Crippen molar-refractivity contribution in [3.8, 4) is 5.69 Å². The Bertz CT molecular complexity index is 803. The molecule has 0 radical (unpaired) electrons. The number of amides is 1. The minimum Gasteiger partial charge on any atom is -0.347 e. The number of benzene rings is 1. The molecule has 0 saturated carbocycles. The highest BCUT2D eigenvalue weighted by molar-refractivity contribution is 5.92. The third-order valence-electron chi connectivity index (χ3n) is 3.76. The number of hydrogen-bond donors (Lipinski definition) is 2. The molecule has 8 nitrogen and oxygen atoms in total. The summed E-state index contributed by atoms with van der Waals surface area (Å²) in [6, 6.07) is 7.69. The fraction of sp³-hybridized carbons (Fsp3) is 0.250. The van der Waals surface area contributed by atoms with Crippen molar-refractivity contribution in [2.45, 2.75) is 6.42 Å². The number of aromatic nitrogens is 2. The minimum atomic E-state index is -0.465. The van der Waals surface area contributed by atoms with Gasteiger partial charge in [0.15, 0.2) is 5.69 Å². The Morgan fingerprint density at radius 1 is 1.40 bits per heavy atom. The number of non-ortho nitro benzene ring substituents is 1. The van der Waals surface area contributed by atoms with Gasteiger partial charge in [-0.3, -0.25) is 14.9 Å². The summed E-state index contributed by atoms with van der Waals surface area (Å²) in [6.45, 7) is 2.25. The van der Waals surface area contributed by atoms with Crippen LogP contribution in [-0.2, 0) is 0 Å². The summed E-state index contributed by atoms with van der Waals surface area (Å²) in [5, 5.41) is 21.1. The monoisotopic (exact) mass is 363 g/mol. The summed E-state index contributed by atoms with van der Waals surface area (Å²) in [7, 11) is 0. The number of nitro groups is 1. The number of nitrogens with zero attached hydrogens (tertiary/aromatic N) is 3. The lowest BCUT2D eigenvalue weighted by atomic mass is 10.1. The van der Waals surface area contributed by atoms with Gasteiger partial charge in [0.05, 0.1) is 10.6 Å². The Kier molecular flexibility index (Phi) is 6.26. The van der Waals surface area contributed by atoms with Gasteiger partial charge in [0, 0.05) is 31.4 Å². The lowest BCUT2D eigenvalue weighted by molar-refractivity contribution is -0.384. The van der Waals surface area contributed by atoms with E-state index in [4.69, 9.17) is 0 Å². The molecule has 1 aromatic heterocycles. The topological polar surface area (TPSA) is 102 Å². The molecule has 0 fully saturated rings. The van der Waals surface area contributed by atoms with Crippen molar-refractivity contribution in [3.63, 3.8) is 0 Å². The van der Waals surface area contributed by atoms with E-state index in [0.717, 1.165) is 19.5 Å². The predicted octanol–water partition coefficient (Wildman–Crippen LogP) is 1.85. The van der Waals surface area contributed by atoms with E-state index < -0.39 is 4.92 Å². The summed E-state index contributed by atoms with van der Waals surface area (Å²) in [4.78, 5) is 22.5. The van der Waals surface area contributed by atoms with Gasteiger partial charge in [-0.15, -0.1) is 12.4 Å². The van der Waals surface area contributed by atoms with Crippen molar-refractivity contribution in [3.05, 3.63) is 64.0 Å². The molecule has 9 heteroatoms. The standard InChI is InChI=1S/C16H17N5O3.ClH/c22-16(18-11-12-4-7-17-8-5-12)15-6-9-20(19-15)13-2-1-3-14(10-13)21(23)24;/h1-4,6,9-10,17H,5,7-8,11H2,(H,18,22);1H. The Hall–Kier alpha value is -2.71. The third kappa shape index (κ3) is 4.65. The molecule has 1 aromatic carbocycles. The molecule has 1 amide bonds. The van der Waals surface area contributed by atoms with Gasteiger partial charge in [-0.25, -0.2) is 4.68 Å².